The largest absolute Gasteiger partial charge is 0.481 e. The maximum atomic E-state index is 13.0. The van der Waals surface area contributed by atoms with Gasteiger partial charge in [0.15, 0.2) is 0 Å². The lowest BCUT2D eigenvalue weighted by atomic mass is 10.0. The molecule has 2 heterocycles. The number of carboxylic acids is 1. The molecule has 7 nitrogen and oxygen atoms in total. The third kappa shape index (κ3) is 3.08. The van der Waals surface area contributed by atoms with E-state index in [1.807, 2.05) is 26.0 Å². The molecule has 1 fully saturated rings. The average molecular weight is 392 g/mol. The number of likely N-dealkylation sites (tertiary alicyclic amines) is 1. The van der Waals surface area contributed by atoms with E-state index >= 15 is 0 Å². The second-order valence-corrected chi connectivity index (χ2v) is 7.57. The van der Waals surface area contributed by atoms with E-state index in [2.05, 4.69) is 0 Å². The number of hydrogen-bond acceptors (Lipinski definition) is 4. The second-order valence-electron chi connectivity index (χ2n) is 7.57. The summed E-state index contributed by atoms with van der Waals surface area (Å²) < 4.78 is 0. The molecule has 4 rings (SSSR count). The summed E-state index contributed by atoms with van der Waals surface area (Å²) in [7, 11) is 0. The van der Waals surface area contributed by atoms with Gasteiger partial charge in [0.05, 0.1) is 22.7 Å². The summed E-state index contributed by atoms with van der Waals surface area (Å²) in [6.45, 7) is 4.22. The Labute approximate surface area is 167 Å². The quantitative estimate of drug-likeness (QED) is 0.811. The standard InChI is InChI=1S/C22H20N2O5/c1-12-3-4-13(2)18(9-12)24-20(26)16-6-5-14(10-17(16)21(24)27)19(25)23-8-7-15(11-23)22(28)29/h3-6,9-10,15H,7-8,11H2,1-2H3,(H,28,29). The average Bonchev–Trinajstić information content (AvgIpc) is 3.28. The van der Waals surface area contributed by atoms with Crippen molar-refractivity contribution in [2.75, 3.05) is 18.0 Å². The first-order valence-electron chi connectivity index (χ1n) is 9.40. The van der Waals surface area contributed by atoms with E-state index in [1.165, 1.54) is 23.1 Å². The summed E-state index contributed by atoms with van der Waals surface area (Å²) in [6.07, 6.45) is 0.407. The van der Waals surface area contributed by atoms with E-state index < -0.39 is 23.7 Å². The molecule has 29 heavy (non-hydrogen) atoms. The SMILES string of the molecule is Cc1ccc(C)c(N2C(=O)c3ccc(C(=O)N4CCC(C(=O)O)C4)cc3C2=O)c1. The van der Waals surface area contributed by atoms with E-state index in [0.717, 1.165) is 16.0 Å². The van der Waals surface area contributed by atoms with Crippen molar-refractivity contribution < 1.29 is 24.3 Å². The highest BCUT2D eigenvalue weighted by molar-refractivity contribution is 6.35. The Balaban J connectivity index is 1.65. The number of carbonyl (C=O) groups is 4. The Morgan fingerprint density at radius 2 is 1.72 bits per heavy atom. The number of rotatable bonds is 3. The fourth-order valence-corrected chi connectivity index (χ4v) is 3.88. The van der Waals surface area contributed by atoms with E-state index in [0.29, 0.717) is 18.7 Å². The first kappa shape index (κ1) is 18.9. The number of aryl methyl sites for hydroxylation is 2. The molecule has 7 heteroatoms. The molecule has 148 valence electrons. The topological polar surface area (TPSA) is 95.0 Å². The van der Waals surface area contributed by atoms with Gasteiger partial charge in [-0.05, 0) is 55.7 Å². The Morgan fingerprint density at radius 3 is 2.41 bits per heavy atom. The number of anilines is 1. The molecular formula is C22H20N2O5. The highest BCUT2D eigenvalue weighted by Gasteiger charge is 2.38. The van der Waals surface area contributed by atoms with Crippen LogP contribution in [0.4, 0.5) is 5.69 Å². The lowest BCUT2D eigenvalue weighted by molar-refractivity contribution is -0.141. The predicted octanol–water partition coefficient (Wildman–Crippen LogP) is 2.65. The van der Waals surface area contributed by atoms with Crippen molar-refractivity contribution in [2.24, 2.45) is 5.92 Å². The number of aliphatic carboxylic acids is 1. The molecule has 1 unspecified atom stereocenters. The summed E-state index contributed by atoms with van der Waals surface area (Å²) in [5, 5.41) is 9.13. The van der Waals surface area contributed by atoms with Crippen molar-refractivity contribution in [3.63, 3.8) is 0 Å². The van der Waals surface area contributed by atoms with Crippen LogP contribution in [-0.2, 0) is 4.79 Å². The molecule has 2 aromatic rings. The highest BCUT2D eigenvalue weighted by Crippen LogP contribution is 2.32. The van der Waals surface area contributed by atoms with Crippen molar-refractivity contribution in [3.05, 3.63) is 64.2 Å². The van der Waals surface area contributed by atoms with Crippen molar-refractivity contribution in [1.82, 2.24) is 4.90 Å². The van der Waals surface area contributed by atoms with Gasteiger partial charge in [0.25, 0.3) is 17.7 Å². The van der Waals surface area contributed by atoms with Crippen molar-refractivity contribution in [1.29, 1.82) is 0 Å². The molecule has 0 bridgehead atoms. The van der Waals surface area contributed by atoms with E-state index in [4.69, 9.17) is 5.11 Å². The van der Waals surface area contributed by atoms with Crippen molar-refractivity contribution >= 4 is 29.4 Å². The molecule has 1 saturated heterocycles. The fraction of sp³-hybridized carbons (Fsp3) is 0.273. The minimum absolute atomic E-state index is 0.146. The summed E-state index contributed by atoms with van der Waals surface area (Å²) in [5.74, 6) is -2.69. The van der Waals surface area contributed by atoms with Crippen LogP contribution in [0, 0.1) is 19.8 Å². The summed E-state index contributed by atoms with van der Waals surface area (Å²) >= 11 is 0. The van der Waals surface area contributed by atoms with Crippen LogP contribution in [0.2, 0.25) is 0 Å². The van der Waals surface area contributed by atoms with Crippen LogP contribution < -0.4 is 4.90 Å². The number of imide groups is 1. The van der Waals surface area contributed by atoms with Gasteiger partial charge in [-0.15, -0.1) is 0 Å². The molecule has 0 radical (unpaired) electrons. The number of benzene rings is 2. The van der Waals surface area contributed by atoms with Crippen molar-refractivity contribution in [2.45, 2.75) is 20.3 Å². The minimum Gasteiger partial charge on any atom is -0.481 e. The highest BCUT2D eigenvalue weighted by atomic mass is 16.4. The Hall–Kier alpha value is -3.48. The molecule has 1 atom stereocenters. The van der Waals surface area contributed by atoms with Gasteiger partial charge in [-0.1, -0.05) is 12.1 Å². The Bertz CT molecular complexity index is 1070. The fourth-order valence-electron chi connectivity index (χ4n) is 3.88. The monoisotopic (exact) mass is 392 g/mol. The molecule has 0 aliphatic carbocycles. The molecule has 1 N–H and O–H groups in total. The molecule has 3 amide bonds. The van der Waals surface area contributed by atoms with Crippen LogP contribution in [-0.4, -0.2) is 46.8 Å². The normalized spacial score (nSPS) is 18.3. The molecule has 2 aromatic carbocycles. The molecule has 0 aromatic heterocycles. The summed E-state index contributed by atoms with van der Waals surface area (Å²) in [4.78, 5) is 52.4. The van der Waals surface area contributed by atoms with Gasteiger partial charge in [0.2, 0.25) is 0 Å². The summed E-state index contributed by atoms with van der Waals surface area (Å²) in [5.41, 5.74) is 3.00. The van der Waals surface area contributed by atoms with Gasteiger partial charge >= 0.3 is 5.97 Å². The number of hydrogen-bond donors (Lipinski definition) is 1. The third-order valence-electron chi connectivity index (χ3n) is 5.56. The Morgan fingerprint density at radius 1 is 1.00 bits per heavy atom. The molecule has 2 aliphatic heterocycles. The number of fused-ring (bicyclic) bond motifs is 1. The summed E-state index contributed by atoms with van der Waals surface area (Å²) in [6, 6.07) is 10.0. The third-order valence-corrected chi connectivity index (χ3v) is 5.56. The van der Waals surface area contributed by atoms with Crippen LogP contribution in [0.3, 0.4) is 0 Å². The van der Waals surface area contributed by atoms with Gasteiger partial charge in [-0.25, -0.2) is 4.90 Å². The first-order chi connectivity index (χ1) is 13.8. The van der Waals surface area contributed by atoms with Crippen LogP contribution in [0.15, 0.2) is 36.4 Å². The number of carboxylic acid groups (broad SMARTS) is 1. The lowest BCUT2D eigenvalue weighted by Crippen LogP contribution is -2.30. The first-order valence-corrected chi connectivity index (χ1v) is 9.40. The van der Waals surface area contributed by atoms with Crippen LogP contribution in [0.1, 0.15) is 48.6 Å². The second kappa shape index (κ2) is 6.84. The number of carbonyl (C=O) groups excluding carboxylic acids is 3. The maximum Gasteiger partial charge on any atom is 0.308 e. The van der Waals surface area contributed by atoms with Gasteiger partial charge in [-0.3, -0.25) is 19.2 Å². The van der Waals surface area contributed by atoms with E-state index in [1.54, 1.807) is 6.07 Å². The zero-order chi connectivity index (χ0) is 20.9. The molecular weight excluding hydrogens is 372 g/mol. The zero-order valence-corrected chi connectivity index (χ0v) is 16.1. The molecule has 0 saturated carbocycles. The minimum atomic E-state index is -0.917. The van der Waals surface area contributed by atoms with Gasteiger partial charge in [0, 0.05) is 18.7 Å². The zero-order valence-electron chi connectivity index (χ0n) is 16.1. The van der Waals surface area contributed by atoms with E-state index in [-0.39, 0.29) is 29.1 Å². The predicted molar refractivity (Wildman–Crippen MR) is 105 cm³/mol. The van der Waals surface area contributed by atoms with Crippen molar-refractivity contribution in [3.8, 4) is 0 Å². The molecule has 0 spiro atoms. The lowest BCUT2D eigenvalue weighted by Gasteiger charge is -2.17. The van der Waals surface area contributed by atoms with Crippen LogP contribution in [0.25, 0.3) is 0 Å². The van der Waals surface area contributed by atoms with Crippen LogP contribution in [0.5, 0.6) is 0 Å². The molecule has 2 aliphatic rings. The Kier molecular flexibility index (Phi) is 4.45. The smallest absolute Gasteiger partial charge is 0.308 e. The maximum absolute atomic E-state index is 13.0. The number of nitrogens with zero attached hydrogens (tertiary/aromatic N) is 2. The van der Waals surface area contributed by atoms with Crippen LogP contribution >= 0.6 is 0 Å². The van der Waals surface area contributed by atoms with Gasteiger partial charge in [0.1, 0.15) is 0 Å². The van der Waals surface area contributed by atoms with E-state index in [9.17, 15) is 19.2 Å². The van der Waals surface area contributed by atoms with Gasteiger partial charge < -0.3 is 10.0 Å². The van der Waals surface area contributed by atoms with Gasteiger partial charge in [-0.2, -0.15) is 0 Å². The number of amides is 3.